The summed E-state index contributed by atoms with van der Waals surface area (Å²) in [5.74, 6) is 1.26. The molecule has 1 aromatic rings. The highest BCUT2D eigenvalue weighted by molar-refractivity contribution is 14.0. The third-order valence-electron chi connectivity index (χ3n) is 4.15. The zero-order valence-corrected chi connectivity index (χ0v) is 19.4. The number of benzene rings is 1. The lowest BCUT2D eigenvalue weighted by molar-refractivity contribution is 0.0888. The maximum atomic E-state index is 11.3. The van der Waals surface area contributed by atoms with Gasteiger partial charge in [-0.3, -0.25) is 0 Å². The highest BCUT2D eigenvalue weighted by atomic mass is 127. The maximum Gasteiger partial charge on any atom is 0.238 e. The summed E-state index contributed by atoms with van der Waals surface area (Å²) in [7, 11) is -3.66. The minimum Gasteiger partial charge on any atom is -0.381 e. The van der Waals surface area contributed by atoms with E-state index in [2.05, 4.69) is 15.6 Å². The van der Waals surface area contributed by atoms with Gasteiger partial charge >= 0.3 is 0 Å². The highest BCUT2D eigenvalue weighted by Crippen LogP contribution is 2.12. The first kappa shape index (κ1) is 25.1. The minimum absolute atomic E-state index is 0. The van der Waals surface area contributed by atoms with Crippen LogP contribution in [0.2, 0.25) is 0 Å². The van der Waals surface area contributed by atoms with Gasteiger partial charge in [0.1, 0.15) is 0 Å². The van der Waals surface area contributed by atoms with E-state index in [1.807, 2.05) is 6.92 Å². The van der Waals surface area contributed by atoms with E-state index >= 15 is 0 Å². The van der Waals surface area contributed by atoms with Gasteiger partial charge in [0.25, 0.3) is 0 Å². The molecule has 160 valence electrons. The summed E-state index contributed by atoms with van der Waals surface area (Å²) in [6.07, 6.45) is 1.98. The quantitative estimate of drug-likeness (QED) is 0.184. The van der Waals surface area contributed by atoms with Gasteiger partial charge in [0, 0.05) is 32.2 Å². The molecule has 0 aromatic heterocycles. The van der Waals surface area contributed by atoms with Crippen molar-refractivity contribution in [2.45, 2.75) is 31.2 Å². The van der Waals surface area contributed by atoms with Crippen LogP contribution >= 0.6 is 24.0 Å². The van der Waals surface area contributed by atoms with Gasteiger partial charge in [0.15, 0.2) is 5.96 Å². The number of rotatable bonds is 10. The number of primary sulfonamides is 1. The first-order valence-corrected chi connectivity index (χ1v) is 10.8. The van der Waals surface area contributed by atoms with Crippen LogP contribution < -0.4 is 15.8 Å². The van der Waals surface area contributed by atoms with E-state index in [0.717, 1.165) is 57.3 Å². The second-order valence-electron chi connectivity index (χ2n) is 6.47. The van der Waals surface area contributed by atoms with E-state index in [1.165, 1.54) is 12.1 Å². The van der Waals surface area contributed by atoms with Gasteiger partial charge in [0.05, 0.1) is 24.7 Å². The molecule has 4 N–H and O–H groups in total. The number of aliphatic imine (C=N–C) groups is 1. The Balaban J connectivity index is 0.00000392. The number of nitrogens with one attached hydrogen (secondary N) is 2. The Labute approximate surface area is 184 Å². The van der Waals surface area contributed by atoms with Crippen molar-refractivity contribution in [3.8, 4) is 0 Å². The van der Waals surface area contributed by atoms with Crippen molar-refractivity contribution in [3.05, 3.63) is 29.8 Å². The van der Waals surface area contributed by atoms with Crippen LogP contribution in [-0.2, 0) is 26.0 Å². The van der Waals surface area contributed by atoms with Crippen molar-refractivity contribution in [3.63, 3.8) is 0 Å². The summed E-state index contributed by atoms with van der Waals surface area (Å²) in [4.78, 5) is 4.61. The molecule has 1 saturated heterocycles. The van der Waals surface area contributed by atoms with Crippen LogP contribution in [-0.4, -0.2) is 53.9 Å². The van der Waals surface area contributed by atoms with Gasteiger partial charge in [-0.05, 0) is 37.5 Å². The minimum atomic E-state index is -3.66. The molecular weight excluding hydrogens is 495 g/mol. The average Bonchev–Trinajstić information content (AvgIpc) is 3.15. The Kier molecular flexibility index (Phi) is 11.9. The summed E-state index contributed by atoms with van der Waals surface area (Å²) in [6, 6.07) is 6.42. The Hall–Kier alpha value is -0.950. The third-order valence-corrected chi connectivity index (χ3v) is 5.08. The number of ether oxygens (including phenoxy) is 2. The van der Waals surface area contributed by atoms with Gasteiger partial charge in [0.2, 0.25) is 10.0 Å². The van der Waals surface area contributed by atoms with Crippen LogP contribution in [0.1, 0.15) is 25.3 Å². The topological polar surface area (TPSA) is 115 Å². The molecule has 10 heteroatoms. The molecule has 0 saturated carbocycles. The molecule has 28 heavy (non-hydrogen) atoms. The highest BCUT2D eigenvalue weighted by Gasteiger charge is 2.15. The van der Waals surface area contributed by atoms with Crippen molar-refractivity contribution < 1.29 is 17.9 Å². The number of sulfonamides is 1. The molecule has 1 heterocycles. The number of hydrogen-bond donors (Lipinski definition) is 3. The zero-order valence-electron chi connectivity index (χ0n) is 16.2. The normalized spacial score (nSPS) is 17.2. The van der Waals surface area contributed by atoms with Crippen LogP contribution in [0.15, 0.2) is 34.2 Å². The summed E-state index contributed by atoms with van der Waals surface area (Å²) >= 11 is 0. The summed E-state index contributed by atoms with van der Waals surface area (Å²) in [5.41, 5.74) is 0.904. The van der Waals surface area contributed by atoms with Gasteiger partial charge in [-0.2, -0.15) is 0 Å². The van der Waals surface area contributed by atoms with E-state index in [-0.39, 0.29) is 28.9 Å². The molecule has 0 spiro atoms. The average molecular weight is 526 g/mol. The Bertz CT molecular complexity index is 692. The van der Waals surface area contributed by atoms with Crippen molar-refractivity contribution in [2.75, 3.05) is 39.5 Å². The van der Waals surface area contributed by atoms with Gasteiger partial charge < -0.3 is 20.1 Å². The van der Waals surface area contributed by atoms with E-state index in [4.69, 9.17) is 14.6 Å². The first-order chi connectivity index (χ1) is 13.0. The standard InChI is InChI=1S/C18H30N4O4S.HI/c1-2-20-18(21-9-3-10-25-13-16-8-11-26-14-16)22-12-15-4-6-17(7-5-15)27(19,23)24;/h4-7,16H,2-3,8-14H2,1H3,(H2,19,23,24)(H2,20,21,22);1H. The fourth-order valence-electron chi connectivity index (χ4n) is 2.64. The molecule has 1 aliphatic heterocycles. The van der Waals surface area contributed by atoms with Crippen molar-refractivity contribution >= 4 is 40.0 Å². The Morgan fingerprint density at radius 2 is 2.07 bits per heavy atom. The zero-order chi connectivity index (χ0) is 19.5. The van der Waals surface area contributed by atoms with E-state index in [0.29, 0.717) is 19.1 Å². The fraction of sp³-hybridized carbons (Fsp3) is 0.611. The van der Waals surface area contributed by atoms with Gasteiger partial charge in [-0.15, -0.1) is 24.0 Å². The Morgan fingerprint density at radius 3 is 2.68 bits per heavy atom. The predicted octanol–water partition coefficient (Wildman–Crippen LogP) is 1.45. The lowest BCUT2D eigenvalue weighted by atomic mass is 10.1. The molecule has 0 radical (unpaired) electrons. The smallest absolute Gasteiger partial charge is 0.238 e. The molecule has 1 atom stereocenters. The molecule has 1 aromatic carbocycles. The molecule has 0 aliphatic carbocycles. The summed E-state index contributed by atoms with van der Waals surface area (Å²) in [6.45, 7) is 7.10. The van der Waals surface area contributed by atoms with Gasteiger partial charge in [-0.1, -0.05) is 12.1 Å². The van der Waals surface area contributed by atoms with E-state index < -0.39 is 10.0 Å². The van der Waals surface area contributed by atoms with Crippen LogP contribution in [0.5, 0.6) is 0 Å². The predicted molar refractivity (Wildman–Crippen MR) is 120 cm³/mol. The van der Waals surface area contributed by atoms with Crippen LogP contribution in [0.4, 0.5) is 0 Å². The second kappa shape index (κ2) is 13.3. The molecule has 1 unspecified atom stereocenters. The van der Waals surface area contributed by atoms with Crippen LogP contribution in [0.25, 0.3) is 0 Å². The number of halogens is 1. The number of nitrogens with two attached hydrogens (primary N) is 1. The lowest BCUT2D eigenvalue weighted by Crippen LogP contribution is -2.38. The maximum absolute atomic E-state index is 11.3. The molecular formula is C18H31IN4O4S. The van der Waals surface area contributed by atoms with E-state index in [1.54, 1.807) is 12.1 Å². The molecule has 2 rings (SSSR count). The van der Waals surface area contributed by atoms with Crippen LogP contribution in [0.3, 0.4) is 0 Å². The van der Waals surface area contributed by atoms with Crippen LogP contribution in [0, 0.1) is 5.92 Å². The SMILES string of the molecule is CCNC(=NCc1ccc(S(N)(=O)=O)cc1)NCCCOCC1CCOC1.I. The molecule has 0 amide bonds. The van der Waals surface area contributed by atoms with Crippen molar-refractivity contribution in [1.29, 1.82) is 0 Å². The number of hydrogen-bond acceptors (Lipinski definition) is 5. The molecule has 0 bridgehead atoms. The van der Waals surface area contributed by atoms with Gasteiger partial charge in [-0.25, -0.2) is 18.5 Å². The van der Waals surface area contributed by atoms with E-state index in [9.17, 15) is 8.42 Å². The second-order valence-corrected chi connectivity index (χ2v) is 8.03. The Morgan fingerprint density at radius 1 is 1.32 bits per heavy atom. The summed E-state index contributed by atoms with van der Waals surface area (Å²) in [5, 5.41) is 11.6. The first-order valence-electron chi connectivity index (χ1n) is 9.28. The largest absolute Gasteiger partial charge is 0.381 e. The molecule has 8 nitrogen and oxygen atoms in total. The monoisotopic (exact) mass is 526 g/mol. The van der Waals surface area contributed by atoms with Crippen molar-refractivity contribution in [1.82, 2.24) is 10.6 Å². The van der Waals surface area contributed by atoms with Crippen molar-refractivity contribution in [2.24, 2.45) is 16.0 Å². The number of nitrogens with zero attached hydrogens (tertiary/aromatic N) is 1. The summed E-state index contributed by atoms with van der Waals surface area (Å²) < 4.78 is 33.6. The third kappa shape index (κ3) is 9.50. The number of guanidine groups is 1. The molecule has 1 aliphatic rings. The molecule has 1 fully saturated rings. The lowest BCUT2D eigenvalue weighted by Gasteiger charge is -2.12. The fourth-order valence-corrected chi connectivity index (χ4v) is 3.16.